The van der Waals surface area contributed by atoms with Crippen molar-refractivity contribution in [2.75, 3.05) is 6.61 Å². The van der Waals surface area contributed by atoms with Crippen LogP contribution in [0.3, 0.4) is 0 Å². The minimum Gasteiger partial charge on any atom is -0.448 e. The maximum atomic E-state index is 13.5. The first-order chi connectivity index (χ1) is 13.1. The van der Waals surface area contributed by atoms with Gasteiger partial charge < -0.3 is 4.74 Å². The van der Waals surface area contributed by atoms with Crippen molar-refractivity contribution >= 4 is 35.2 Å². The van der Waals surface area contributed by atoms with E-state index in [0.717, 1.165) is 13.0 Å². The second kappa shape index (κ2) is 8.50. The van der Waals surface area contributed by atoms with Gasteiger partial charge in [0.2, 0.25) is 0 Å². The van der Waals surface area contributed by atoms with Crippen LogP contribution in [0.1, 0.15) is 16.7 Å². The SMILES string of the molecule is C#CCOC(=O)C(Cl)=Cc1cc(-c2n[nH]c(=O)c(C)c2C(F)(F)F)ccc1Cl. The Balaban J connectivity index is 2.59. The van der Waals surface area contributed by atoms with Crippen LogP contribution in [0.4, 0.5) is 13.2 Å². The molecule has 0 saturated heterocycles. The Kier molecular flexibility index (Phi) is 6.54. The molecule has 0 aliphatic carbocycles. The Hall–Kier alpha value is -2.76. The number of terminal acetylenes is 1. The van der Waals surface area contributed by atoms with Crippen molar-refractivity contribution in [2.45, 2.75) is 13.1 Å². The number of hydrogen-bond acceptors (Lipinski definition) is 4. The van der Waals surface area contributed by atoms with Crippen LogP contribution in [0.5, 0.6) is 0 Å². The average molecular weight is 431 g/mol. The fourth-order valence-corrected chi connectivity index (χ4v) is 2.61. The molecule has 0 bridgehead atoms. The lowest BCUT2D eigenvalue weighted by atomic mass is 10.0. The first-order valence-electron chi connectivity index (χ1n) is 7.50. The highest BCUT2D eigenvalue weighted by Gasteiger charge is 2.37. The van der Waals surface area contributed by atoms with Gasteiger partial charge in [0.15, 0.2) is 6.61 Å². The standard InChI is InChI=1S/C18H11Cl2F3N2O3/c1-3-6-28-17(27)13(20)8-11-7-10(4-5-12(11)19)15-14(18(21,22)23)9(2)16(26)25-24-15/h1,4-5,7-8H,6H2,2H3,(H,25,26). The number of benzene rings is 1. The monoisotopic (exact) mass is 430 g/mol. The predicted octanol–water partition coefficient (Wildman–Crippen LogP) is 4.17. The number of aromatic nitrogens is 2. The summed E-state index contributed by atoms with van der Waals surface area (Å²) >= 11 is 11.9. The number of ether oxygens (including phenoxy) is 1. The van der Waals surface area contributed by atoms with Crippen molar-refractivity contribution in [2.24, 2.45) is 0 Å². The van der Waals surface area contributed by atoms with Crippen molar-refractivity contribution in [3.63, 3.8) is 0 Å². The zero-order chi connectivity index (χ0) is 21.1. The normalized spacial score (nSPS) is 11.8. The molecule has 0 fully saturated rings. The number of nitrogens with one attached hydrogen (secondary N) is 1. The van der Waals surface area contributed by atoms with Crippen LogP contribution in [0, 0.1) is 19.3 Å². The summed E-state index contributed by atoms with van der Waals surface area (Å²) in [5, 5.41) is 5.29. The Morgan fingerprint density at radius 2 is 2.11 bits per heavy atom. The third-order valence-electron chi connectivity index (χ3n) is 3.54. The molecule has 0 aliphatic heterocycles. The smallest absolute Gasteiger partial charge is 0.419 e. The quantitative estimate of drug-likeness (QED) is 0.448. The number of halogens is 5. The predicted molar refractivity (Wildman–Crippen MR) is 98.7 cm³/mol. The van der Waals surface area contributed by atoms with E-state index in [9.17, 15) is 22.8 Å². The molecular formula is C18H11Cl2F3N2O3. The average Bonchev–Trinajstić information content (AvgIpc) is 2.62. The Bertz CT molecular complexity index is 1050. The van der Waals surface area contributed by atoms with Crippen molar-refractivity contribution in [1.29, 1.82) is 0 Å². The van der Waals surface area contributed by atoms with Gasteiger partial charge in [0.25, 0.3) is 5.56 Å². The zero-order valence-electron chi connectivity index (χ0n) is 14.2. The van der Waals surface area contributed by atoms with Gasteiger partial charge in [-0.1, -0.05) is 35.2 Å². The number of carbonyl (C=O) groups excluding carboxylic acids is 1. The van der Waals surface area contributed by atoms with Crippen molar-refractivity contribution in [3.8, 4) is 23.6 Å². The molecule has 1 heterocycles. The summed E-state index contributed by atoms with van der Waals surface area (Å²) in [6, 6.07) is 3.84. The largest absolute Gasteiger partial charge is 0.448 e. The minimum absolute atomic E-state index is 0.00350. The number of H-pyrrole nitrogens is 1. The molecule has 1 N–H and O–H groups in total. The number of nitrogens with zero attached hydrogens (tertiary/aromatic N) is 1. The van der Waals surface area contributed by atoms with Crippen LogP contribution in [-0.4, -0.2) is 22.8 Å². The maximum absolute atomic E-state index is 13.5. The van der Waals surface area contributed by atoms with E-state index in [-0.39, 0.29) is 27.8 Å². The number of aromatic amines is 1. The van der Waals surface area contributed by atoms with E-state index in [1.165, 1.54) is 18.2 Å². The molecule has 5 nitrogen and oxygen atoms in total. The number of carbonyl (C=O) groups is 1. The molecule has 1 aromatic carbocycles. The van der Waals surface area contributed by atoms with Gasteiger partial charge in [-0.2, -0.15) is 18.3 Å². The van der Waals surface area contributed by atoms with E-state index in [1.807, 2.05) is 5.10 Å². The summed E-state index contributed by atoms with van der Waals surface area (Å²) in [4.78, 5) is 23.2. The fraction of sp³-hybridized carbons (Fsp3) is 0.167. The van der Waals surface area contributed by atoms with Gasteiger partial charge in [-0.25, -0.2) is 9.89 Å². The molecule has 28 heavy (non-hydrogen) atoms. The van der Waals surface area contributed by atoms with E-state index < -0.39 is 34.5 Å². The number of rotatable bonds is 4. The minimum atomic E-state index is -4.81. The fourth-order valence-electron chi connectivity index (χ4n) is 2.27. The van der Waals surface area contributed by atoms with Gasteiger partial charge in [-0.05, 0) is 30.7 Å². The van der Waals surface area contributed by atoms with Gasteiger partial charge in [0.1, 0.15) is 10.7 Å². The third-order valence-corrected chi connectivity index (χ3v) is 4.15. The van der Waals surface area contributed by atoms with Gasteiger partial charge in [0.05, 0.1) is 5.56 Å². The molecule has 0 unspecified atom stereocenters. The second-order valence-corrected chi connectivity index (χ2v) is 6.22. The van der Waals surface area contributed by atoms with E-state index in [1.54, 1.807) is 0 Å². The van der Waals surface area contributed by atoms with Crippen molar-refractivity contribution < 1.29 is 22.7 Å². The summed E-state index contributed by atoms with van der Waals surface area (Å²) in [7, 11) is 0. The zero-order valence-corrected chi connectivity index (χ0v) is 15.7. The van der Waals surface area contributed by atoms with Gasteiger partial charge in [-0.15, -0.1) is 6.42 Å². The molecular weight excluding hydrogens is 420 g/mol. The Labute approximate surface area is 167 Å². The van der Waals surface area contributed by atoms with E-state index in [2.05, 4.69) is 15.8 Å². The highest BCUT2D eigenvalue weighted by Crippen LogP contribution is 2.37. The summed E-state index contributed by atoms with van der Waals surface area (Å²) < 4.78 is 45.0. The molecule has 0 aliphatic rings. The first kappa shape index (κ1) is 21.5. The lowest BCUT2D eigenvalue weighted by Crippen LogP contribution is -2.21. The first-order valence-corrected chi connectivity index (χ1v) is 8.26. The molecule has 1 aromatic heterocycles. The number of esters is 1. The summed E-state index contributed by atoms with van der Waals surface area (Å²) in [6.07, 6.45) is 1.29. The summed E-state index contributed by atoms with van der Waals surface area (Å²) in [5.74, 6) is 1.17. The molecule has 146 valence electrons. The number of hydrogen-bond donors (Lipinski definition) is 1. The van der Waals surface area contributed by atoms with Gasteiger partial charge in [-0.3, -0.25) is 4.79 Å². The molecule has 0 spiro atoms. The van der Waals surface area contributed by atoms with Crippen LogP contribution in [-0.2, 0) is 15.7 Å². The Morgan fingerprint density at radius 1 is 1.43 bits per heavy atom. The number of alkyl halides is 3. The molecule has 0 saturated carbocycles. The van der Waals surface area contributed by atoms with E-state index >= 15 is 0 Å². The molecule has 0 radical (unpaired) electrons. The molecule has 2 rings (SSSR count). The van der Waals surface area contributed by atoms with Gasteiger partial charge in [0, 0.05) is 16.1 Å². The molecule has 10 heteroatoms. The molecule has 0 atom stereocenters. The Morgan fingerprint density at radius 3 is 2.71 bits per heavy atom. The maximum Gasteiger partial charge on any atom is 0.419 e. The highest BCUT2D eigenvalue weighted by molar-refractivity contribution is 6.43. The second-order valence-electron chi connectivity index (χ2n) is 5.41. The van der Waals surface area contributed by atoms with E-state index in [0.29, 0.717) is 0 Å². The van der Waals surface area contributed by atoms with E-state index in [4.69, 9.17) is 29.6 Å². The molecule has 2 aromatic rings. The lowest BCUT2D eigenvalue weighted by molar-refractivity contribution is -0.138. The van der Waals surface area contributed by atoms with Crippen LogP contribution >= 0.6 is 23.2 Å². The van der Waals surface area contributed by atoms with Crippen LogP contribution in [0.25, 0.3) is 17.3 Å². The lowest BCUT2D eigenvalue weighted by Gasteiger charge is -2.14. The van der Waals surface area contributed by atoms with Crippen molar-refractivity contribution in [3.05, 3.63) is 55.3 Å². The van der Waals surface area contributed by atoms with Gasteiger partial charge >= 0.3 is 12.1 Å². The third kappa shape index (κ3) is 4.74. The van der Waals surface area contributed by atoms with Crippen LogP contribution in [0.2, 0.25) is 5.02 Å². The van der Waals surface area contributed by atoms with Crippen LogP contribution in [0.15, 0.2) is 28.0 Å². The highest BCUT2D eigenvalue weighted by atomic mass is 35.5. The van der Waals surface area contributed by atoms with Crippen molar-refractivity contribution in [1.82, 2.24) is 10.2 Å². The van der Waals surface area contributed by atoms with Crippen LogP contribution < -0.4 is 5.56 Å². The molecule has 0 amide bonds. The topological polar surface area (TPSA) is 72.0 Å². The summed E-state index contributed by atoms with van der Waals surface area (Å²) in [6.45, 7) is 0.744. The summed E-state index contributed by atoms with van der Waals surface area (Å²) in [5.41, 5.74) is -3.01.